The van der Waals surface area contributed by atoms with E-state index in [9.17, 15) is 0 Å². The molecule has 0 amide bonds. The fourth-order valence-electron chi connectivity index (χ4n) is 0.567. The van der Waals surface area contributed by atoms with Crippen molar-refractivity contribution < 1.29 is 0 Å². The first-order chi connectivity index (χ1) is 5.35. The first-order valence-electron chi connectivity index (χ1n) is 2.84. The Bertz CT molecular complexity index is 167. The van der Waals surface area contributed by atoms with Crippen LogP contribution >= 0.6 is 43.2 Å². The minimum Gasteiger partial charge on any atom is -0.122 e. The minimum absolute atomic E-state index is 0.612. The molecule has 0 heterocycles. The molecule has 62 valence electrons. The molecule has 4 heteroatoms. The van der Waals surface area contributed by atoms with Crippen LogP contribution in [0.4, 0.5) is 0 Å². The van der Waals surface area contributed by atoms with Gasteiger partial charge in [0.25, 0.3) is 0 Å². The van der Waals surface area contributed by atoms with Crippen molar-refractivity contribution in [2.24, 2.45) is 0 Å². The van der Waals surface area contributed by atoms with E-state index >= 15 is 0 Å². The Morgan fingerprint density at radius 2 is 1.55 bits per heavy atom. The third-order valence-electron chi connectivity index (χ3n) is 0.997. The molecule has 0 saturated carbocycles. The molecular weight excluding hydrogens is 223 g/mol. The van der Waals surface area contributed by atoms with Crippen LogP contribution in [0.1, 0.15) is 5.56 Å². The Labute approximate surface area is 84.8 Å². The van der Waals surface area contributed by atoms with Crippen LogP contribution in [0.5, 0.6) is 0 Å². The molecule has 0 aromatic heterocycles. The summed E-state index contributed by atoms with van der Waals surface area (Å²) in [6.07, 6.45) is 0. The van der Waals surface area contributed by atoms with Gasteiger partial charge in [-0.3, -0.25) is 0 Å². The van der Waals surface area contributed by atoms with Gasteiger partial charge < -0.3 is 0 Å². The van der Waals surface area contributed by atoms with Crippen LogP contribution in [-0.4, -0.2) is 0 Å². The van der Waals surface area contributed by atoms with Crippen LogP contribution in [0, 0.1) is 0 Å². The first-order valence-corrected chi connectivity index (χ1v) is 5.84. The third kappa shape index (κ3) is 6.82. The average molecular weight is 230 g/mol. The lowest BCUT2D eigenvalue weighted by Crippen LogP contribution is -1.71. The molecule has 0 aliphatic rings. The highest BCUT2D eigenvalue weighted by Gasteiger charge is 1.81. The van der Waals surface area contributed by atoms with Gasteiger partial charge in [-0.2, -0.15) is 0 Å². The monoisotopic (exact) mass is 228 g/mol. The predicted molar refractivity (Wildman–Crippen MR) is 55.3 cm³/mol. The van der Waals surface area contributed by atoms with Gasteiger partial charge in [0, 0.05) is 5.88 Å². The molecule has 0 saturated heterocycles. The molecule has 0 bridgehead atoms. The second-order valence-corrected chi connectivity index (χ2v) is 3.46. The van der Waals surface area contributed by atoms with Crippen LogP contribution in [0.15, 0.2) is 30.3 Å². The van der Waals surface area contributed by atoms with Crippen molar-refractivity contribution in [1.29, 1.82) is 0 Å². The topological polar surface area (TPSA) is 0 Å². The molecule has 11 heavy (non-hydrogen) atoms. The van der Waals surface area contributed by atoms with Gasteiger partial charge in [-0.1, -0.05) is 30.3 Å². The number of halogens is 3. The van der Waals surface area contributed by atoms with Crippen molar-refractivity contribution in [3.05, 3.63) is 35.9 Å². The lowest BCUT2D eigenvalue weighted by molar-refractivity contribution is 1.41. The summed E-state index contributed by atoms with van der Waals surface area (Å²) in [7, 11) is 10.1. The Kier molecular flexibility index (Phi) is 8.88. The molecule has 0 unspecified atom stereocenters. The van der Waals surface area contributed by atoms with Crippen molar-refractivity contribution in [2.75, 3.05) is 0 Å². The van der Waals surface area contributed by atoms with Crippen LogP contribution in [-0.2, 0) is 5.88 Å². The molecule has 1 aromatic carbocycles. The van der Waals surface area contributed by atoms with Gasteiger partial charge >= 0.3 is 0 Å². The van der Waals surface area contributed by atoms with E-state index in [2.05, 4.69) is 21.4 Å². The molecule has 0 N–H and O–H groups in total. The van der Waals surface area contributed by atoms with Crippen molar-refractivity contribution in [2.45, 2.75) is 5.88 Å². The Morgan fingerprint density at radius 1 is 1.09 bits per heavy atom. The maximum atomic E-state index is 5.53. The molecule has 0 aliphatic heterocycles. The van der Waals surface area contributed by atoms with Crippen LogP contribution in [0.25, 0.3) is 0 Å². The summed E-state index contributed by atoms with van der Waals surface area (Å²) in [5.74, 6) is 0.612. The molecule has 0 atom stereocenters. The predicted octanol–water partition coefficient (Wildman–Crippen LogP) is 4.45. The second kappa shape index (κ2) is 8.54. The molecule has 0 fully saturated rings. The Balaban J connectivity index is 0.000000292. The Morgan fingerprint density at radius 3 is 1.82 bits per heavy atom. The number of alkyl halides is 1. The summed E-state index contributed by atoms with van der Waals surface area (Å²) in [5.41, 5.74) is 1.18. The standard InChI is InChI=1S/C7H7Cl.Cl2S/c8-6-7-4-2-1-3-5-7;1-3-2/h1-5H,6H2;. The fraction of sp³-hybridized carbons (Fsp3) is 0.143. The van der Waals surface area contributed by atoms with Gasteiger partial charge in [0.05, 0.1) is 10.2 Å². The zero-order valence-corrected chi connectivity index (χ0v) is 8.72. The van der Waals surface area contributed by atoms with E-state index in [-0.39, 0.29) is 0 Å². The third-order valence-corrected chi connectivity index (χ3v) is 1.31. The smallest absolute Gasteiger partial charge is 0.0523 e. The lowest BCUT2D eigenvalue weighted by Gasteiger charge is -1.88. The van der Waals surface area contributed by atoms with Gasteiger partial charge in [0.1, 0.15) is 0 Å². The molecule has 1 rings (SSSR count). The summed E-state index contributed by atoms with van der Waals surface area (Å²) in [6.45, 7) is 0. The van der Waals surface area contributed by atoms with E-state index in [1.165, 1.54) is 5.56 Å². The van der Waals surface area contributed by atoms with Crippen molar-refractivity contribution in [3.8, 4) is 0 Å². The van der Waals surface area contributed by atoms with E-state index in [1.807, 2.05) is 30.3 Å². The zero-order valence-electron chi connectivity index (χ0n) is 5.64. The zero-order chi connectivity index (χ0) is 8.53. The van der Waals surface area contributed by atoms with Crippen molar-refractivity contribution in [3.63, 3.8) is 0 Å². The minimum atomic E-state index is 0.612. The lowest BCUT2D eigenvalue weighted by atomic mass is 10.2. The summed E-state index contributed by atoms with van der Waals surface area (Å²) >= 11 is 5.53. The summed E-state index contributed by atoms with van der Waals surface area (Å²) in [4.78, 5) is 0. The molecule has 0 radical (unpaired) electrons. The van der Waals surface area contributed by atoms with Gasteiger partial charge in [-0.25, -0.2) is 0 Å². The van der Waals surface area contributed by atoms with E-state index in [0.29, 0.717) is 16.1 Å². The SMILES string of the molecule is ClCc1ccccc1.ClSCl. The van der Waals surface area contributed by atoms with E-state index in [1.54, 1.807) is 0 Å². The van der Waals surface area contributed by atoms with E-state index in [4.69, 9.17) is 11.6 Å². The van der Waals surface area contributed by atoms with Gasteiger partial charge in [-0.05, 0) is 26.9 Å². The Hall–Kier alpha value is 0.440. The number of hydrogen-bond donors (Lipinski definition) is 0. The van der Waals surface area contributed by atoms with Gasteiger partial charge in [0.15, 0.2) is 0 Å². The highest BCUT2D eigenvalue weighted by molar-refractivity contribution is 8.38. The fourth-order valence-corrected chi connectivity index (χ4v) is 0.745. The molecule has 0 nitrogen and oxygen atoms in total. The molecule has 0 aliphatic carbocycles. The van der Waals surface area contributed by atoms with E-state index < -0.39 is 0 Å². The van der Waals surface area contributed by atoms with Gasteiger partial charge in [-0.15, -0.1) is 11.6 Å². The largest absolute Gasteiger partial charge is 0.122 e. The molecular formula is C7H7Cl3S. The van der Waals surface area contributed by atoms with Crippen LogP contribution in [0.2, 0.25) is 0 Å². The summed E-state index contributed by atoms with van der Waals surface area (Å²) in [5, 5.41) is 0. The van der Waals surface area contributed by atoms with Gasteiger partial charge in [0.2, 0.25) is 0 Å². The second-order valence-electron chi connectivity index (χ2n) is 1.68. The number of hydrogen-bond acceptors (Lipinski definition) is 1. The highest BCUT2D eigenvalue weighted by Crippen LogP contribution is 2.08. The molecule has 1 aromatic rings. The summed E-state index contributed by atoms with van der Waals surface area (Å²) < 4.78 is 0. The van der Waals surface area contributed by atoms with E-state index in [0.717, 1.165) is 0 Å². The van der Waals surface area contributed by atoms with Crippen molar-refractivity contribution in [1.82, 2.24) is 0 Å². The normalized spacial score (nSPS) is 8.27. The van der Waals surface area contributed by atoms with Crippen LogP contribution < -0.4 is 0 Å². The highest BCUT2D eigenvalue weighted by atomic mass is 36.0. The number of benzene rings is 1. The molecule has 0 spiro atoms. The average Bonchev–Trinajstić information content (AvgIpc) is 2.08. The number of rotatable bonds is 1. The first kappa shape index (κ1) is 11.4. The summed E-state index contributed by atoms with van der Waals surface area (Å²) in [6, 6.07) is 9.96. The van der Waals surface area contributed by atoms with Crippen molar-refractivity contribution >= 4 is 43.2 Å². The maximum Gasteiger partial charge on any atom is 0.0523 e. The van der Waals surface area contributed by atoms with Crippen LogP contribution in [0.3, 0.4) is 0 Å². The quantitative estimate of drug-likeness (QED) is 0.641. The maximum absolute atomic E-state index is 5.53.